The fraction of sp³-hybridized carbons (Fsp3) is 1.00. The lowest BCUT2D eigenvalue weighted by Gasteiger charge is -2.39. The van der Waals surface area contributed by atoms with Crippen LogP contribution in [-0.2, 0) is 0 Å². The summed E-state index contributed by atoms with van der Waals surface area (Å²) in [6.07, 6.45) is 7.83. The fourth-order valence-electron chi connectivity index (χ4n) is 1.87. The predicted molar refractivity (Wildman–Crippen MR) is 57.8 cm³/mol. The molecule has 0 aromatic rings. The standard InChI is InChI=1S/C11H24N2/c1-10(12)6-3-4-9-13-11(2)7-5-8-11/h10,13H,3-9,12H2,1-2H3. The number of unbranched alkanes of at least 4 members (excludes halogenated alkanes) is 1. The molecule has 1 unspecified atom stereocenters. The average Bonchev–Trinajstić information content (AvgIpc) is 2.00. The van der Waals surface area contributed by atoms with Crippen molar-refractivity contribution in [2.24, 2.45) is 5.73 Å². The minimum absolute atomic E-state index is 0.374. The molecule has 0 spiro atoms. The molecule has 1 rings (SSSR count). The molecule has 1 saturated carbocycles. The van der Waals surface area contributed by atoms with Crippen LogP contribution in [0.5, 0.6) is 0 Å². The van der Waals surface area contributed by atoms with E-state index in [4.69, 9.17) is 5.73 Å². The van der Waals surface area contributed by atoms with Gasteiger partial charge in [-0.15, -0.1) is 0 Å². The van der Waals surface area contributed by atoms with Crippen LogP contribution >= 0.6 is 0 Å². The van der Waals surface area contributed by atoms with Gasteiger partial charge in [-0.3, -0.25) is 0 Å². The predicted octanol–water partition coefficient (Wildman–Crippen LogP) is 2.04. The first-order valence-corrected chi connectivity index (χ1v) is 5.63. The van der Waals surface area contributed by atoms with Gasteiger partial charge in [0.2, 0.25) is 0 Å². The summed E-state index contributed by atoms with van der Waals surface area (Å²) in [5.41, 5.74) is 6.16. The van der Waals surface area contributed by atoms with E-state index in [-0.39, 0.29) is 0 Å². The van der Waals surface area contributed by atoms with E-state index < -0.39 is 0 Å². The van der Waals surface area contributed by atoms with Gasteiger partial charge in [-0.2, -0.15) is 0 Å². The van der Waals surface area contributed by atoms with Gasteiger partial charge in [-0.05, 0) is 52.5 Å². The molecule has 3 N–H and O–H groups in total. The zero-order chi connectivity index (χ0) is 9.73. The molecule has 78 valence electrons. The highest BCUT2D eigenvalue weighted by Gasteiger charge is 2.30. The second-order valence-corrected chi connectivity index (χ2v) is 4.81. The monoisotopic (exact) mass is 184 g/mol. The molecule has 0 radical (unpaired) electrons. The van der Waals surface area contributed by atoms with Crippen molar-refractivity contribution in [1.82, 2.24) is 5.32 Å². The van der Waals surface area contributed by atoms with E-state index in [0.717, 1.165) is 0 Å². The van der Waals surface area contributed by atoms with E-state index in [2.05, 4.69) is 19.2 Å². The number of rotatable bonds is 6. The molecule has 0 heterocycles. The Morgan fingerprint density at radius 2 is 2.08 bits per heavy atom. The van der Waals surface area contributed by atoms with Crippen LogP contribution in [-0.4, -0.2) is 18.1 Å². The maximum absolute atomic E-state index is 5.68. The summed E-state index contributed by atoms with van der Waals surface area (Å²) in [5, 5.41) is 3.63. The zero-order valence-corrected chi connectivity index (χ0v) is 9.10. The summed E-state index contributed by atoms with van der Waals surface area (Å²) >= 11 is 0. The Morgan fingerprint density at radius 1 is 1.38 bits per heavy atom. The summed E-state index contributed by atoms with van der Waals surface area (Å²) in [7, 11) is 0. The van der Waals surface area contributed by atoms with Gasteiger partial charge in [0.1, 0.15) is 0 Å². The van der Waals surface area contributed by atoms with Crippen molar-refractivity contribution in [1.29, 1.82) is 0 Å². The summed E-state index contributed by atoms with van der Waals surface area (Å²) < 4.78 is 0. The van der Waals surface area contributed by atoms with Gasteiger partial charge in [0.25, 0.3) is 0 Å². The second-order valence-electron chi connectivity index (χ2n) is 4.81. The summed E-state index contributed by atoms with van der Waals surface area (Å²) in [4.78, 5) is 0. The second kappa shape index (κ2) is 4.97. The van der Waals surface area contributed by atoms with Crippen LogP contribution in [0.4, 0.5) is 0 Å². The van der Waals surface area contributed by atoms with Crippen LogP contribution in [0.15, 0.2) is 0 Å². The van der Waals surface area contributed by atoms with Crippen LogP contribution in [0.2, 0.25) is 0 Å². The first kappa shape index (κ1) is 11.0. The van der Waals surface area contributed by atoms with E-state index in [1.165, 1.54) is 45.1 Å². The molecule has 0 bridgehead atoms. The van der Waals surface area contributed by atoms with Gasteiger partial charge < -0.3 is 11.1 Å². The molecule has 2 heteroatoms. The van der Waals surface area contributed by atoms with Crippen molar-refractivity contribution in [2.45, 2.75) is 64.0 Å². The number of nitrogens with two attached hydrogens (primary N) is 1. The van der Waals surface area contributed by atoms with E-state index in [9.17, 15) is 0 Å². The Morgan fingerprint density at radius 3 is 2.54 bits per heavy atom. The van der Waals surface area contributed by atoms with Crippen LogP contribution in [0.25, 0.3) is 0 Å². The molecule has 2 nitrogen and oxygen atoms in total. The normalized spacial score (nSPS) is 22.4. The van der Waals surface area contributed by atoms with Gasteiger partial charge in [-0.25, -0.2) is 0 Å². The van der Waals surface area contributed by atoms with Crippen molar-refractivity contribution >= 4 is 0 Å². The highest BCUT2D eigenvalue weighted by Crippen LogP contribution is 2.30. The maximum atomic E-state index is 5.68. The molecular weight excluding hydrogens is 160 g/mol. The van der Waals surface area contributed by atoms with Crippen molar-refractivity contribution in [3.63, 3.8) is 0 Å². The van der Waals surface area contributed by atoms with Crippen molar-refractivity contribution in [2.75, 3.05) is 6.54 Å². The molecule has 1 aliphatic rings. The number of hydrogen-bond acceptors (Lipinski definition) is 2. The lowest BCUT2D eigenvalue weighted by molar-refractivity contribution is 0.208. The van der Waals surface area contributed by atoms with Crippen LogP contribution in [0, 0.1) is 0 Å². The Hall–Kier alpha value is -0.0800. The summed E-state index contributed by atoms with van der Waals surface area (Å²) in [5.74, 6) is 0. The molecule has 1 aliphatic carbocycles. The largest absolute Gasteiger partial charge is 0.328 e. The van der Waals surface area contributed by atoms with Gasteiger partial charge in [0.15, 0.2) is 0 Å². The smallest absolute Gasteiger partial charge is 0.0153 e. The Kier molecular flexibility index (Phi) is 4.20. The first-order valence-electron chi connectivity index (χ1n) is 5.63. The first-order chi connectivity index (χ1) is 6.12. The van der Waals surface area contributed by atoms with E-state index in [0.29, 0.717) is 11.6 Å². The third-order valence-corrected chi connectivity index (χ3v) is 3.10. The minimum atomic E-state index is 0.374. The highest BCUT2D eigenvalue weighted by atomic mass is 15.0. The summed E-state index contributed by atoms with van der Waals surface area (Å²) in [6.45, 7) is 5.59. The molecular formula is C11H24N2. The molecule has 0 aliphatic heterocycles. The topological polar surface area (TPSA) is 38.0 Å². The van der Waals surface area contributed by atoms with Crippen LogP contribution < -0.4 is 11.1 Å². The van der Waals surface area contributed by atoms with E-state index in [1.54, 1.807) is 0 Å². The van der Waals surface area contributed by atoms with Gasteiger partial charge >= 0.3 is 0 Å². The fourth-order valence-corrected chi connectivity index (χ4v) is 1.87. The molecule has 0 amide bonds. The zero-order valence-electron chi connectivity index (χ0n) is 9.10. The Bertz CT molecular complexity index is 139. The quantitative estimate of drug-likeness (QED) is 0.620. The number of hydrogen-bond donors (Lipinski definition) is 2. The highest BCUT2D eigenvalue weighted by molar-refractivity contribution is 4.91. The lowest BCUT2D eigenvalue weighted by atomic mass is 9.78. The summed E-state index contributed by atoms with van der Waals surface area (Å²) in [6, 6.07) is 0.374. The SMILES string of the molecule is CC(N)CCCCNC1(C)CCC1. The van der Waals surface area contributed by atoms with Crippen molar-refractivity contribution in [3.8, 4) is 0 Å². The molecule has 0 aromatic heterocycles. The third kappa shape index (κ3) is 4.10. The van der Waals surface area contributed by atoms with Gasteiger partial charge in [0.05, 0.1) is 0 Å². The molecule has 1 atom stereocenters. The van der Waals surface area contributed by atoms with Crippen LogP contribution in [0.1, 0.15) is 52.4 Å². The van der Waals surface area contributed by atoms with Crippen molar-refractivity contribution < 1.29 is 0 Å². The Balaban J connectivity index is 1.89. The molecule has 1 fully saturated rings. The molecule has 0 aromatic carbocycles. The average molecular weight is 184 g/mol. The van der Waals surface area contributed by atoms with Crippen LogP contribution in [0.3, 0.4) is 0 Å². The van der Waals surface area contributed by atoms with Gasteiger partial charge in [0, 0.05) is 11.6 Å². The van der Waals surface area contributed by atoms with E-state index >= 15 is 0 Å². The third-order valence-electron chi connectivity index (χ3n) is 3.10. The molecule has 0 saturated heterocycles. The maximum Gasteiger partial charge on any atom is 0.0153 e. The Labute approximate surface area is 82.3 Å². The van der Waals surface area contributed by atoms with Gasteiger partial charge in [-0.1, -0.05) is 6.42 Å². The molecule has 13 heavy (non-hydrogen) atoms. The number of nitrogens with one attached hydrogen (secondary N) is 1. The minimum Gasteiger partial charge on any atom is -0.328 e. The van der Waals surface area contributed by atoms with Crippen molar-refractivity contribution in [3.05, 3.63) is 0 Å². The lowest BCUT2D eigenvalue weighted by Crippen LogP contribution is -2.48. The van der Waals surface area contributed by atoms with E-state index in [1.807, 2.05) is 0 Å².